The quantitative estimate of drug-likeness (QED) is 0.535. The first-order valence-corrected chi connectivity index (χ1v) is 8.89. The van der Waals surface area contributed by atoms with Crippen molar-refractivity contribution < 1.29 is 4.39 Å². The highest BCUT2D eigenvalue weighted by atomic mass is 19.1. The zero-order valence-corrected chi connectivity index (χ0v) is 15.8. The molecule has 0 radical (unpaired) electrons. The summed E-state index contributed by atoms with van der Waals surface area (Å²) in [5.41, 5.74) is 2.50. The molecular weight excluding hydrogens is 341 g/mol. The van der Waals surface area contributed by atoms with Gasteiger partial charge in [-0.3, -0.25) is 4.99 Å². The molecule has 1 unspecified atom stereocenters. The zero-order chi connectivity index (χ0) is 19.2. The van der Waals surface area contributed by atoms with Crippen molar-refractivity contribution in [1.82, 2.24) is 20.2 Å². The molecule has 3 aromatic rings. The van der Waals surface area contributed by atoms with Crippen LogP contribution in [0.1, 0.15) is 29.9 Å². The van der Waals surface area contributed by atoms with Gasteiger partial charge in [-0.1, -0.05) is 36.4 Å². The number of aryl methyl sites for hydroxylation is 1. The minimum Gasteiger partial charge on any atom is -0.352 e. The van der Waals surface area contributed by atoms with Gasteiger partial charge in [0.15, 0.2) is 5.96 Å². The molecule has 27 heavy (non-hydrogen) atoms. The lowest BCUT2D eigenvalue weighted by atomic mass is 10.1. The fraction of sp³-hybridized carbons (Fsp3) is 0.238. The number of rotatable bonds is 5. The molecule has 0 bridgehead atoms. The summed E-state index contributed by atoms with van der Waals surface area (Å²) in [6.45, 7) is 4.39. The number of aromatic nitrogens is 2. The summed E-state index contributed by atoms with van der Waals surface area (Å²) in [5.74, 6) is 1.14. The molecule has 2 aromatic carbocycles. The van der Waals surface area contributed by atoms with E-state index in [9.17, 15) is 4.39 Å². The van der Waals surface area contributed by atoms with Gasteiger partial charge in [-0.05, 0) is 37.1 Å². The second-order valence-corrected chi connectivity index (χ2v) is 6.33. The number of benzene rings is 2. The van der Waals surface area contributed by atoms with Crippen LogP contribution in [-0.2, 0) is 6.54 Å². The Morgan fingerprint density at radius 3 is 2.63 bits per heavy atom. The molecule has 3 rings (SSSR count). The maximum atomic E-state index is 14.5. The standard InChI is InChI=1S/C21H24FN5/c1-15(18-7-5-4-6-8-18)26-21(23-3)25-14-17-9-10-20(19(22)13-17)27-12-11-24-16(27)2/h4-13,15H,14H2,1-3H3,(H2,23,25,26). The van der Waals surface area contributed by atoms with Crippen molar-refractivity contribution in [2.75, 3.05) is 7.05 Å². The summed E-state index contributed by atoms with van der Waals surface area (Å²) in [6.07, 6.45) is 3.41. The largest absolute Gasteiger partial charge is 0.352 e. The van der Waals surface area contributed by atoms with Gasteiger partial charge in [0.25, 0.3) is 0 Å². The molecule has 5 nitrogen and oxygen atoms in total. The van der Waals surface area contributed by atoms with E-state index in [4.69, 9.17) is 0 Å². The van der Waals surface area contributed by atoms with Gasteiger partial charge in [0, 0.05) is 26.0 Å². The lowest BCUT2D eigenvalue weighted by Crippen LogP contribution is -2.38. The minimum atomic E-state index is -0.281. The van der Waals surface area contributed by atoms with Gasteiger partial charge in [0.2, 0.25) is 0 Å². The topological polar surface area (TPSA) is 54.2 Å². The Balaban J connectivity index is 1.63. The maximum absolute atomic E-state index is 14.5. The van der Waals surface area contributed by atoms with Crippen LogP contribution in [0.2, 0.25) is 0 Å². The van der Waals surface area contributed by atoms with Crippen LogP contribution >= 0.6 is 0 Å². The maximum Gasteiger partial charge on any atom is 0.191 e. The smallest absolute Gasteiger partial charge is 0.191 e. The first-order valence-electron chi connectivity index (χ1n) is 8.89. The molecule has 0 saturated heterocycles. The minimum absolute atomic E-state index is 0.112. The number of imidazole rings is 1. The molecule has 1 aromatic heterocycles. The molecule has 2 N–H and O–H groups in total. The van der Waals surface area contributed by atoms with Gasteiger partial charge >= 0.3 is 0 Å². The highest BCUT2D eigenvalue weighted by Crippen LogP contribution is 2.17. The zero-order valence-electron chi connectivity index (χ0n) is 15.8. The average molecular weight is 365 g/mol. The third-order valence-electron chi connectivity index (χ3n) is 4.43. The van der Waals surface area contributed by atoms with Crippen molar-refractivity contribution in [3.05, 3.63) is 83.7 Å². The van der Waals surface area contributed by atoms with E-state index in [0.717, 1.165) is 11.4 Å². The monoisotopic (exact) mass is 365 g/mol. The Hall–Kier alpha value is -3.15. The molecule has 1 atom stereocenters. The first kappa shape index (κ1) is 18.6. The van der Waals surface area contributed by atoms with Crippen LogP contribution in [0.4, 0.5) is 4.39 Å². The summed E-state index contributed by atoms with van der Waals surface area (Å²) >= 11 is 0. The summed E-state index contributed by atoms with van der Waals surface area (Å²) in [6, 6.07) is 15.5. The van der Waals surface area contributed by atoms with Gasteiger partial charge in [0.1, 0.15) is 11.6 Å². The Morgan fingerprint density at radius 1 is 1.22 bits per heavy atom. The van der Waals surface area contributed by atoms with Crippen molar-refractivity contribution >= 4 is 5.96 Å². The lowest BCUT2D eigenvalue weighted by Gasteiger charge is -2.18. The highest BCUT2D eigenvalue weighted by Gasteiger charge is 2.10. The van der Waals surface area contributed by atoms with Gasteiger partial charge in [-0.2, -0.15) is 0 Å². The van der Waals surface area contributed by atoms with Crippen molar-refractivity contribution in [2.24, 2.45) is 4.99 Å². The van der Waals surface area contributed by atoms with Crippen LogP contribution in [0.3, 0.4) is 0 Å². The molecule has 0 aliphatic rings. The highest BCUT2D eigenvalue weighted by molar-refractivity contribution is 5.80. The fourth-order valence-electron chi connectivity index (χ4n) is 2.90. The lowest BCUT2D eigenvalue weighted by molar-refractivity contribution is 0.613. The fourth-order valence-corrected chi connectivity index (χ4v) is 2.90. The van der Waals surface area contributed by atoms with Gasteiger partial charge in [-0.15, -0.1) is 0 Å². The Bertz CT molecular complexity index is 917. The molecule has 0 fully saturated rings. The van der Waals surface area contributed by atoms with Crippen molar-refractivity contribution in [2.45, 2.75) is 26.4 Å². The molecule has 0 saturated carbocycles. The van der Waals surface area contributed by atoms with Crippen molar-refractivity contribution in [1.29, 1.82) is 0 Å². The van der Waals surface area contributed by atoms with E-state index < -0.39 is 0 Å². The third kappa shape index (κ3) is 4.53. The normalized spacial score (nSPS) is 12.7. The average Bonchev–Trinajstić information content (AvgIpc) is 3.11. The molecule has 0 spiro atoms. The molecule has 0 aliphatic heterocycles. The Labute approximate surface area is 159 Å². The predicted octanol–water partition coefficient (Wildman–Crippen LogP) is 3.75. The van der Waals surface area contributed by atoms with E-state index in [-0.39, 0.29) is 11.9 Å². The van der Waals surface area contributed by atoms with E-state index in [1.807, 2.05) is 31.2 Å². The van der Waals surface area contributed by atoms with Gasteiger partial charge < -0.3 is 15.2 Å². The van der Waals surface area contributed by atoms with Crippen LogP contribution in [0.5, 0.6) is 0 Å². The van der Waals surface area contributed by atoms with Crippen molar-refractivity contribution in [3.63, 3.8) is 0 Å². The van der Waals surface area contributed by atoms with E-state index >= 15 is 0 Å². The summed E-state index contributed by atoms with van der Waals surface area (Å²) in [5, 5.41) is 6.57. The number of nitrogens with one attached hydrogen (secondary N) is 2. The Kier molecular flexibility index (Phi) is 5.86. The third-order valence-corrected chi connectivity index (χ3v) is 4.43. The molecule has 0 amide bonds. The first-order chi connectivity index (χ1) is 13.1. The van der Waals surface area contributed by atoms with Crippen LogP contribution < -0.4 is 10.6 Å². The molecule has 6 heteroatoms. The van der Waals surface area contributed by atoms with Gasteiger partial charge in [0.05, 0.1) is 11.7 Å². The molecular formula is C21H24FN5. The van der Waals surface area contributed by atoms with Crippen LogP contribution in [0.25, 0.3) is 5.69 Å². The summed E-state index contributed by atoms with van der Waals surface area (Å²) < 4.78 is 16.2. The number of guanidine groups is 1. The number of aliphatic imine (C=N–C) groups is 1. The van der Waals surface area contributed by atoms with Crippen molar-refractivity contribution in [3.8, 4) is 5.69 Å². The Morgan fingerprint density at radius 2 is 2.00 bits per heavy atom. The number of halogens is 1. The second-order valence-electron chi connectivity index (χ2n) is 6.33. The second kappa shape index (κ2) is 8.49. The molecule has 0 aliphatic carbocycles. The summed E-state index contributed by atoms with van der Waals surface area (Å²) in [4.78, 5) is 8.39. The number of hydrogen-bond donors (Lipinski definition) is 2. The van der Waals surface area contributed by atoms with E-state index in [0.29, 0.717) is 18.2 Å². The summed E-state index contributed by atoms with van der Waals surface area (Å²) in [7, 11) is 1.72. The van der Waals surface area contributed by atoms with Crippen LogP contribution in [-0.4, -0.2) is 22.6 Å². The number of hydrogen-bond acceptors (Lipinski definition) is 2. The van der Waals surface area contributed by atoms with E-state index in [2.05, 4.69) is 39.7 Å². The van der Waals surface area contributed by atoms with Crippen LogP contribution in [0.15, 0.2) is 65.9 Å². The SMILES string of the molecule is CN=C(NCc1ccc(-n2ccnc2C)c(F)c1)NC(C)c1ccccc1. The van der Waals surface area contributed by atoms with E-state index in [1.165, 1.54) is 11.6 Å². The van der Waals surface area contributed by atoms with Crippen LogP contribution in [0, 0.1) is 12.7 Å². The van der Waals surface area contributed by atoms with Gasteiger partial charge in [-0.25, -0.2) is 9.37 Å². The molecule has 140 valence electrons. The number of nitrogens with zero attached hydrogens (tertiary/aromatic N) is 3. The predicted molar refractivity (Wildman–Crippen MR) is 106 cm³/mol. The molecule has 1 heterocycles. The van der Waals surface area contributed by atoms with E-state index in [1.54, 1.807) is 30.1 Å².